The fraction of sp³-hybridized carbons (Fsp3) is 0.647. The molecule has 0 spiro atoms. The van der Waals surface area contributed by atoms with Crippen LogP contribution >= 0.6 is 11.6 Å². The zero-order chi connectivity index (χ0) is 15.3. The smallest absolute Gasteiger partial charge is 0.0741 e. The molecule has 0 amide bonds. The minimum Gasteiger partial charge on any atom is -0.389 e. The van der Waals surface area contributed by atoms with Gasteiger partial charge in [0.1, 0.15) is 0 Å². The molecule has 118 valence electrons. The maximum Gasteiger partial charge on any atom is 0.0741 e. The van der Waals surface area contributed by atoms with E-state index in [4.69, 9.17) is 11.6 Å². The van der Waals surface area contributed by atoms with Gasteiger partial charge in [0.15, 0.2) is 0 Å². The Morgan fingerprint density at radius 2 is 1.90 bits per heavy atom. The van der Waals surface area contributed by atoms with Crippen LogP contribution < -0.4 is 5.32 Å². The number of nitrogens with one attached hydrogen (secondary N) is 1. The largest absolute Gasteiger partial charge is 0.389 e. The molecular weight excluding hydrogens is 284 g/mol. The second-order valence-electron chi connectivity index (χ2n) is 6.41. The van der Waals surface area contributed by atoms with Crippen molar-refractivity contribution < 1.29 is 5.11 Å². The molecule has 3 nitrogen and oxygen atoms in total. The summed E-state index contributed by atoms with van der Waals surface area (Å²) in [6.07, 6.45) is 3.08. The molecule has 4 heteroatoms. The first-order chi connectivity index (χ1) is 9.98. The minimum atomic E-state index is -0.583. The van der Waals surface area contributed by atoms with Crippen LogP contribution in [0.4, 0.5) is 0 Å². The molecule has 21 heavy (non-hydrogen) atoms. The van der Waals surface area contributed by atoms with Crippen molar-refractivity contribution in [2.45, 2.75) is 51.3 Å². The van der Waals surface area contributed by atoms with Crippen molar-refractivity contribution >= 4 is 11.6 Å². The van der Waals surface area contributed by atoms with E-state index in [0.717, 1.165) is 43.9 Å². The maximum absolute atomic E-state index is 10.0. The first-order valence-electron chi connectivity index (χ1n) is 7.91. The lowest BCUT2D eigenvalue weighted by atomic mass is 10.0. The maximum atomic E-state index is 10.0. The molecule has 0 bridgehead atoms. The number of rotatable bonds is 6. The van der Waals surface area contributed by atoms with Gasteiger partial charge >= 0.3 is 0 Å². The molecule has 1 aromatic carbocycles. The standard InChI is InChI=1S/C17H27ClN2O/c1-3-17(2,21)13-19-16-8-10-20(11-9-16)12-14-4-6-15(18)7-5-14/h4-7,16,19,21H,3,8-13H2,1-2H3/t17-/m1/s1. The van der Waals surface area contributed by atoms with Gasteiger partial charge in [0, 0.05) is 24.2 Å². The Labute approximate surface area is 133 Å². The van der Waals surface area contributed by atoms with Crippen molar-refractivity contribution in [2.24, 2.45) is 0 Å². The zero-order valence-corrected chi connectivity index (χ0v) is 13.9. The van der Waals surface area contributed by atoms with Gasteiger partial charge in [0.2, 0.25) is 0 Å². The van der Waals surface area contributed by atoms with E-state index in [2.05, 4.69) is 22.3 Å². The molecule has 0 aromatic heterocycles. The van der Waals surface area contributed by atoms with Crippen molar-refractivity contribution in [3.63, 3.8) is 0 Å². The van der Waals surface area contributed by atoms with Crippen LogP contribution in [0.2, 0.25) is 5.02 Å². The van der Waals surface area contributed by atoms with Crippen molar-refractivity contribution in [1.82, 2.24) is 10.2 Å². The van der Waals surface area contributed by atoms with Crippen LogP contribution in [0.15, 0.2) is 24.3 Å². The number of halogens is 1. The summed E-state index contributed by atoms with van der Waals surface area (Å²) in [4.78, 5) is 2.49. The highest BCUT2D eigenvalue weighted by molar-refractivity contribution is 6.30. The van der Waals surface area contributed by atoms with Gasteiger partial charge in [-0.1, -0.05) is 30.7 Å². The van der Waals surface area contributed by atoms with E-state index < -0.39 is 5.60 Å². The summed E-state index contributed by atoms with van der Waals surface area (Å²) < 4.78 is 0. The average Bonchev–Trinajstić information content (AvgIpc) is 2.49. The van der Waals surface area contributed by atoms with Crippen LogP contribution in [0, 0.1) is 0 Å². The van der Waals surface area contributed by atoms with Gasteiger partial charge in [-0.25, -0.2) is 0 Å². The normalized spacial score (nSPS) is 20.4. The third kappa shape index (κ3) is 5.59. The minimum absolute atomic E-state index is 0.532. The Morgan fingerprint density at radius 1 is 1.29 bits per heavy atom. The fourth-order valence-electron chi connectivity index (χ4n) is 2.63. The lowest BCUT2D eigenvalue weighted by molar-refractivity contribution is 0.0491. The second-order valence-corrected chi connectivity index (χ2v) is 6.84. The average molecular weight is 311 g/mol. The number of likely N-dealkylation sites (tertiary alicyclic amines) is 1. The quantitative estimate of drug-likeness (QED) is 0.847. The van der Waals surface area contributed by atoms with E-state index in [1.54, 1.807) is 0 Å². The number of nitrogens with zero attached hydrogens (tertiary/aromatic N) is 1. The van der Waals surface area contributed by atoms with Gasteiger partial charge in [0.25, 0.3) is 0 Å². The molecular formula is C17H27ClN2O. The molecule has 0 saturated carbocycles. The van der Waals surface area contributed by atoms with Crippen molar-refractivity contribution in [1.29, 1.82) is 0 Å². The van der Waals surface area contributed by atoms with Crippen LogP contribution in [-0.4, -0.2) is 41.3 Å². The van der Waals surface area contributed by atoms with Crippen LogP contribution in [0.3, 0.4) is 0 Å². The summed E-state index contributed by atoms with van der Waals surface area (Å²) in [5.74, 6) is 0. The summed E-state index contributed by atoms with van der Waals surface area (Å²) in [6.45, 7) is 7.82. The van der Waals surface area contributed by atoms with Gasteiger partial charge in [-0.3, -0.25) is 4.90 Å². The van der Waals surface area contributed by atoms with E-state index in [0.29, 0.717) is 12.6 Å². The van der Waals surface area contributed by atoms with Crippen LogP contribution in [0.1, 0.15) is 38.7 Å². The predicted molar refractivity (Wildman–Crippen MR) is 88.7 cm³/mol. The molecule has 1 atom stereocenters. The molecule has 1 aliphatic heterocycles. The third-order valence-electron chi connectivity index (χ3n) is 4.44. The zero-order valence-electron chi connectivity index (χ0n) is 13.1. The molecule has 0 unspecified atom stereocenters. The molecule has 1 aliphatic rings. The van der Waals surface area contributed by atoms with Crippen LogP contribution in [-0.2, 0) is 6.54 Å². The molecule has 2 rings (SSSR count). The van der Waals surface area contributed by atoms with Gasteiger partial charge in [-0.2, -0.15) is 0 Å². The number of hydrogen-bond acceptors (Lipinski definition) is 3. The Bertz CT molecular complexity index is 425. The summed E-state index contributed by atoms with van der Waals surface area (Å²) in [7, 11) is 0. The number of hydrogen-bond donors (Lipinski definition) is 2. The summed E-state index contributed by atoms with van der Waals surface area (Å²) in [6, 6.07) is 8.65. The monoisotopic (exact) mass is 310 g/mol. The van der Waals surface area contributed by atoms with Gasteiger partial charge in [-0.15, -0.1) is 0 Å². The Balaban J connectivity index is 1.72. The third-order valence-corrected chi connectivity index (χ3v) is 4.69. The summed E-state index contributed by atoms with van der Waals surface area (Å²) in [5.41, 5.74) is 0.736. The second kappa shape index (κ2) is 7.59. The topological polar surface area (TPSA) is 35.5 Å². The molecule has 1 fully saturated rings. The fourth-order valence-corrected chi connectivity index (χ4v) is 2.76. The van der Waals surface area contributed by atoms with Crippen molar-refractivity contribution in [2.75, 3.05) is 19.6 Å². The highest BCUT2D eigenvalue weighted by Gasteiger charge is 2.22. The highest BCUT2D eigenvalue weighted by Crippen LogP contribution is 2.16. The Morgan fingerprint density at radius 3 is 2.48 bits per heavy atom. The molecule has 1 heterocycles. The lowest BCUT2D eigenvalue weighted by Gasteiger charge is -2.34. The van der Waals surface area contributed by atoms with E-state index in [9.17, 15) is 5.11 Å². The van der Waals surface area contributed by atoms with Crippen molar-refractivity contribution in [3.8, 4) is 0 Å². The van der Waals surface area contributed by atoms with E-state index in [1.807, 2.05) is 26.0 Å². The Kier molecular flexibility index (Phi) is 6.06. The van der Waals surface area contributed by atoms with Crippen LogP contribution in [0.5, 0.6) is 0 Å². The van der Waals surface area contributed by atoms with Gasteiger partial charge in [-0.05, 0) is 57.0 Å². The van der Waals surface area contributed by atoms with E-state index in [1.165, 1.54) is 5.56 Å². The summed E-state index contributed by atoms with van der Waals surface area (Å²) in [5, 5.41) is 14.3. The molecule has 0 radical (unpaired) electrons. The Hall–Kier alpha value is -0.610. The molecule has 0 aliphatic carbocycles. The number of benzene rings is 1. The van der Waals surface area contributed by atoms with Gasteiger partial charge < -0.3 is 10.4 Å². The van der Waals surface area contributed by atoms with E-state index in [-0.39, 0.29) is 0 Å². The first-order valence-corrected chi connectivity index (χ1v) is 8.29. The first kappa shape index (κ1) is 16.8. The molecule has 2 N–H and O–H groups in total. The van der Waals surface area contributed by atoms with Crippen LogP contribution in [0.25, 0.3) is 0 Å². The highest BCUT2D eigenvalue weighted by atomic mass is 35.5. The van der Waals surface area contributed by atoms with E-state index >= 15 is 0 Å². The predicted octanol–water partition coefficient (Wildman–Crippen LogP) is 3.06. The summed E-state index contributed by atoms with van der Waals surface area (Å²) >= 11 is 5.91. The SMILES string of the molecule is CC[C@@](C)(O)CNC1CCN(Cc2ccc(Cl)cc2)CC1. The lowest BCUT2D eigenvalue weighted by Crippen LogP contribution is -2.47. The van der Waals surface area contributed by atoms with Gasteiger partial charge in [0.05, 0.1) is 5.60 Å². The number of piperidine rings is 1. The number of aliphatic hydroxyl groups is 1. The molecule has 1 saturated heterocycles. The van der Waals surface area contributed by atoms with Crippen molar-refractivity contribution in [3.05, 3.63) is 34.9 Å². The molecule has 1 aromatic rings.